The van der Waals surface area contributed by atoms with Gasteiger partial charge in [0.2, 0.25) is 5.91 Å². The maximum absolute atomic E-state index is 12.1. The van der Waals surface area contributed by atoms with Crippen LogP contribution in [0, 0.1) is 20.8 Å². The van der Waals surface area contributed by atoms with Crippen LogP contribution < -0.4 is 5.32 Å². The molecule has 0 spiro atoms. The van der Waals surface area contributed by atoms with Gasteiger partial charge in [0, 0.05) is 11.4 Å². The van der Waals surface area contributed by atoms with Crippen molar-refractivity contribution in [1.29, 1.82) is 0 Å². The Morgan fingerprint density at radius 3 is 2.20 bits per heavy atom. The first-order chi connectivity index (χ1) is 11.9. The van der Waals surface area contributed by atoms with E-state index in [4.69, 9.17) is 0 Å². The summed E-state index contributed by atoms with van der Waals surface area (Å²) in [5.74, 6) is 0.00239. The molecule has 0 radical (unpaired) electrons. The van der Waals surface area contributed by atoms with Crippen LogP contribution in [0.2, 0.25) is 0 Å². The maximum Gasteiger partial charge on any atom is 0.337 e. The molecule has 0 bridgehead atoms. The number of methoxy groups -OCH3 is 1. The number of nitrogens with one attached hydrogen (secondary N) is 1. The fraction of sp³-hybridized carbons (Fsp3) is 0.300. The third-order valence-corrected chi connectivity index (χ3v) is 5.16. The third kappa shape index (κ3) is 5.36. The van der Waals surface area contributed by atoms with Crippen molar-refractivity contribution < 1.29 is 14.3 Å². The SMILES string of the molecule is COC(=O)c1ccc(CNC(=O)CSc2c(C)cc(C)cc2C)cc1. The zero-order valence-electron chi connectivity index (χ0n) is 15.0. The van der Waals surface area contributed by atoms with Crippen molar-refractivity contribution >= 4 is 23.6 Å². The fourth-order valence-corrected chi connectivity index (χ4v) is 3.61. The number of aryl methyl sites for hydroxylation is 3. The molecule has 0 aliphatic carbocycles. The van der Waals surface area contributed by atoms with Crippen LogP contribution in [0.25, 0.3) is 0 Å². The van der Waals surface area contributed by atoms with E-state index in [1.54, 1.807) is 23.9 Å². The van der Waals surface area contributed by atoms with E-state index in [2.05, 4.69) is 43.0 Å². The summed E-state index contributed by atoms with van der Waals surface area (Å²) in [6, 6.07) is 11.3. The molecule has 0 saturated carbocycles. The molecule has 1 N–H and O–H groups in total. The number of hydrogen-bond donors (Lipinski definition) is 1. The molecule has 4 nitrogen and oxygen atoms in total. The summed E-state index contributed by atoms with van der Waals surface area (Å²) in [6.45, 7) is 6.66. The number of ether oxygens (including phenoxy) is 1. The Kier molecular flexibility index (Phi) is 6.65. The van der Waals surface area contributed by atoms with Crippen molar-refractivity contribution in [3.63, 3.8) is 0 Å². The van der Waals surface area contributed by atoms with Crippen LogP contribution in [0.5, 0.6) is 0 Å². The van der Waals surface area contributed by atoms with Gasteiger partial charge in [0.05, 0.1) is 18.4 Å². The van der Waals surface area contributed by atoms with Crippen molar-refractivity contribution in [2.24, 2.45) is 0 Å². The summed E-state index contributed by atoms with van der Waals surface area (Å²) in [7, 11) is 1.35. The average molecular weight is 357 g/mol. The van der Waals surface area contributed by atoms with Gasteiger partial charge < -0.3 is 10.1 Å². The van der Waals surface area contributed by atoms with Gasteiger partial charge in [-0.25, -0.2) is 4.79 Å². The first-order valence-electron chi connectivity index (χ1n) is 8.05. The summed E-state index contributed by atoms with van der Waals surface area (Å²) in [4.78, 5) is 24.7. The molecule has 0 aromatic heterocycles. The van der Waals surface area contributed by atoms with Crippen LogP contribution in [0.4, 0.5) is 0 Å². The highest BCUT2D eigenvalue weighted by molar-refractivity contribution is 8.00. The Hall–Kier alpha value is -2.27. The molecule has 0 aliphatic rings. The quantitative estimate of drug-likeness (QED) is 0.631. The van der Waals surface area contributed by atoms with Crippen molar-refractivity contribution in [1.82, 2.24) is 5.32 Å². The highest BCUT2D eigenvalue weighted by Crippen LogP contribution is 2.27. The zero-order chi connectivity index (χ0) is 18.4. The molecule has 25 heavy (non-hydrogen) atoms. The summed E-state index contributed by atoms with van der Waals surface area (Å²) < 4.78 is 4.66. The predicted molar refractivity (Wildman–Crippen MR) is 101 cm³/mol. The molecular weight excluding hydrogens is 334 g/mol. The lowest BCUT2D eigenvalue weighted by Crippen LogP contribution is -2.24. The highest BCUT2D eigenvalue weighted by Gasteiger charge is 2.09. The number of carbonyl (C=O) groups excluding carboxylic acids is 2. The number of hydrogen-bond acceptors (Lipinski definition) is 4. The maximum atomic E-state index is 12.1. The lowest BCUT2D eigenvalue weighted by molar-refractivity contribution is -0.118. The third-order valence-electron chi connectivity index (χ3n) is 3.82. The summed E-state index contributed by atoms with van der Waals surface area (Å²) in [6.07, 6.45) is 0. The minimum atomic E-state index is -0.365. The Balaban J connectivity index is 1.86. The molecular formula is C20H23NO3S. The predicted octanol–water partition coefficient (Wildman–Crippen LogP) is 3.81. The van der Waals surface area contributed by atoms with Gasteiger partial charge in [-0.2, -0.15) is 0 Å². The molecule has 0 atom stereocenters. The summed E-state index contributed by atoms with van der Waals surface area (Å²) in [5.41, 5.74) is 5.08. The molecule has 0 unspecified atom stereocenters. The van der Waals surface area contributed by atoms with Crippen molar-refractivity contribution in [2.75, 3.05) is 12.9 Å². The Bertz CT molecular complexity index is 746. The minimum Gasteiger partial charge on any atom is -0.465 e. The van der Waals surface area contributed by atoms with Gasteiger partial charge in [0.15, 0.2) is 0 Å². The van der Waals surface area contributed by atoms with Crippen LogP contribution >= 0.6 is 11.8 Å². The lowest BCUT2D eigenvalue weighted by Gasteiger charge is -2.11. The van der Waals surface area contributed by atoms with E-state index in [1.807, 2.05) is 12.1 Å². The van der Waals surface area contributed by atoms with Crippen molar-refractivity contribution in [3.05, 3.63) is 64.2 Å². The monoisotopic (exact) mass is 357 g/mol. The van der Waals surface area contributed by atoms with E-state index < -0.39 is 0 Å². The molecule has 0 fully saturated rings. The van der Waals surface area contributed by atoms with Crippen LogP contribution in [0.15, 0.2) is 41.3 Å². The second kappa shape index (κ2) is 8.72. The molecule has 0 aliphatic heterocycles. The van der Waals surface area contributed by atoms with Crippen molar-refractivity contribution in [3.8, 4) is 0 Å². The van der Waals surface area contributed by atoms with E-state index in [0.717, 1.165) is 5.56 Å². The van der Waals surface area contributed by atoms with E-state index >= 15 is 0 Å². The van der Waals surface area contributed by atoms with E-state index in [0.29, 0.717) is 17.9 Å². The Labute approximate surface area is 153 Å². The normalized spacial score (nSPS) is 10.4. The molecule has 0 saturated heterocycles. The standard InChI is InChI=1S/C20H23NO3S/c1-13-9-14(2)19(15(3)10-13)25-12-18(22)21-11-16-5-7-17(8-6-16)20(23)24-4/h5-10H,11-12H2,1-4H3,(H,21,22). The fourth-order valence-electron chi connectivity index (χ4n) is 2.66. The number of thioether (sulfide) groups is 1. The molecule has 2 rings (SSSR count). The molecule has 1 amide bonds. The van der Waals surface area contributed by atoms with Crippen molar-refractivity contribution in [2.45, 2.75) is 32.2 Å². The first-order valence-corrected chi connectivity index (χ1v) is 9.04. The Morgan fingerprint density at radius 1 is 1.04 bits per heavy atom. The van der Waals surface area contributed by atoms with Crippen LogP contribution in [0.3, 0.4) is 0 Å². The number of carbonyl (C=O) groups is 2. The van der Waals surface area contributed by atoms with Gasteiger partial charge in [-0.15, -0.1) is 11.8 Å². The van der Waals surface area contributed by atoms with Gasteiger partial charge in [0.25, 0.3) is 0 Å². The van der Waals surface area contributed by atoms with Gasteiger partial charge in [-0.1, -0.05) is 29.8 Å². The second-order valence-electron chi connectivity index (χ2n) is 5.98. The molecule has 2 aromatic rings. The highest BCUT2D eigenvalue weighted by atomic mass is 32.2. The van der Waals surface area contributed by atoms with E-state index in [1.165, 1.54) is 28.7 Å². The van der Waals surface area contributed by atoms with Gasteiger partial charge in [0.1, 0.15) is 0 Å². The van der Waals surface area contributed by atoms with E-state index in [9.17, 15) is 9.59 Å². The second-order valence-corrected chi connectivity index (χ2v) is 6.97. The smallest absolute Gasteiger partial charge is 0.337 e. The van der Waals surface area contributed by atoms with Gasteiger partial charge >= 0.3 is 5.97 Å². The minimum absolute atomic E-state index is 0.0126. The number of amides is 1. The van der Waals surface area contributed by atoms with E-state index in [-0.39, 0.29) is 11.9 Å². The molecule has 132 valence electrons. The molecule has 0 heterocycles. The number of rotatable bonds is 6. The average Bonchev–Trinajstić information content (AvgIpc) is 2.58. The lowest BCUT2D eigenvalue weighted by atomic mass is 10.1. The molecule has 5 heteroatoms. The van der Waals surface area contributed by atoms with Crippen LogP contribution in [-0.2, 0) is 16.1 Å². The zero-order valence-corrected chi connectivity index (χ0v) is 15.8. The topological polar surface area (TPSA) is 55.4 Å². The van der Waals surface area contributed by atoms with Gasteiger partial charge in [-0.05, 0) is 49.6 Å². The number of benzene rings is 2. The van der Waals surface area contributed by atoms with Gasteiger partial charge in [-0.3, -0.25) is 4.79 Å². The molecule has 2 aromatic carbocycles. The van der Waals surface area contributed by atoms with Crippen LogP contribution in [-0.4, -0.2) is 24.7 Å². The van der Waals surface area contributed by atoms with Crippen LogP contribution in [0.1, 0.15) is 32.6 Å². The largest absolute Gasteiger partial charge is 0.465 e. The Morgan fingerprint density at radius 2 is 1.64 bits per heavy atom. The first kappa shape index (κ1) is 19.1. The summed E-state index contributed by atoms with van der Waals surface area (Å²) in [5, 5.41) is 2.91. The summed E-state index contributed by atoms with van der Waals surface area (Å²) >= 11 is 1.56. The number of esters is 1.